The van der Waals surface area contributed by atoms with Crippen LogP contribution in [0.5, 0.6) is 0 Å². The van der Waals surface area contributed by atoms with Gasteiger partial charge in [0.05, 0.1) is 10.7 Å². The van der Waals surface area contributed by atoms with Crippen molar-refractivity contribution >= 4 is 40.7 Å². The number of rotatable bonds is 6. The Morgan fingerprint density at radius 1 is 1.12 bits per heavy atom. The van der Waals surface area contributed by atoms with Crippen molar-refractivity contribution in [2.45, 2.75) is 20.3 Å². The predicted octanol–water partition coefficient (Wildman–Crippen LogP) is 4.79. The van der Waals surface area contributed by atoms with Crippen molar-refractivity contribution in [3.05, 3.63) is 63.6 Å². The van der Waals surface area contributed by atoms with Crippen molar-refractivity contribution in [3.8, 4) is 0 Å². The van der Waals surface area contributed by atoms with Crippen LogP contribution in [-0.4, -0.2) is 29.8 Å². The minimum Gasteiger partial charge on any atom is -0.329 e. The molecule has 2 amide bonds. The smallest absolute Gasteiger partial charge is 0.254 e. The number of nitrogens with zero attached hydrogens (tertiary/aromatic N) is 1. The fraction of sp³-hybridized carbons (Fsp3) is 0.263. The normalized spacial score (nSPS) is 10.4. The van der Waals surface area contributed by atoms with E-state index in [9.17, 15) is 9.59 Å². The van der Waals surface area contributed by atoms with Gasteiger partial charge >= 0.3 is 0 Å². The largest absolute Gasteiger partial charge is 0.329 e. The number of hydrogen-bond acceptors (Lipinski definition) is 2. The number of anilines is 1. The van der Waals surface area contributed by atoms with Crippen LogP contribution in [0.2, 0.25) is 10.0 Å². The van der Waals surface area contributed by atoms with Gasteiger partial charge in [0.1, 0.15) is 6.54 Å². The predicted molar refractivity (Wildman–Crippen MR) is 102 cm³/mol. The van der Waals surface area contributed by atoms with Gasteiger partial charge in [0.15, 0.2) is 0 Å². The number of carbonyl (C=O) groups is 2. The van der Waals surface area contributed by atoms with Gasteiger partial charge in [-0.3, -0.25) is 9.59 Å². The molecule has 2 rings (SSSR count). The van der Waals surface area contributed by atoms with Gasteiger partial charge in [-0.05, 0) is 43.2 Å². The first-order valence-corrected chi connectivity index (χ1v) is 8.77. The maximum absolute atomic E-state index is 12.8. The number of benzene rings is 2. The van der Waals surface area contributed by atoms with E-state index < -0.39 is 0 Å². The van der Waals surface area contributed by atoms with E-state index in [1.165, 1.54) is 0 Å². The minimum atomic E-state index is -0.306. The van der Waals surface area contributed by atoms with Gasteiger partial charge in [-0.2, -0.15) is 0 Å². The van der Waals surface area contributed by atoms with E-state index in [-0.39, 0.29) is 18.4 Å². The standard InChI is InChI=1S/C19H20Cl2N2O2/c1-3-10-23(19(25)15-7-5-4-6-13(15)2)12-18(24)22-17-9-8-14(20)11-16(17)21/h4-9,11H,3,10,12H2,1-2H3,(H,22,24). The average Bonchev–Trinajstić information content (AvgIpc) is 2.57. The molecule has 2 aromatic rings. The molecule has 4 nitrogen and oxygen atoms in total. The number of aryl methyl sites for hydroxylation is 1. The van der Waals surface area contributed by atoms with Crippen LogP contribution in [0.15, 0.2) is 42.5 Å². The fourth-order valence-corrected chi connectivity index (χ4v) is 2.92. The Morgan fingerprint density at radius 2 is 1.84 bits per heavy atom. The molecule has 0 aromatic heterocycles. The molecule has 0 spiro atoms. The summed E-state index contributed by atoms with van der Waals surface area (Å²) >= 11 is 11.9. The quantitative estimate of drug-likeness (QED) is 0.784. The number of nitrogens with one attached hydrogen (secondary N) is 1. The molecule has 0 aliphatic carbocycles. The van der Waals surface area contributed by atoms with Gasteiger partial charge in [0, 0.05) is 17.1 Å². The number of halogens is 2. The number of amides is 2. The van der Waals surface area contributed by atoms with Crippen molar-refractivity contribution in [3.63, 3.8) is 0 Å². The Balaban J connectivity index is 2.11. The highest BCUT2D eigenvalue weighted by atomic mass is 35.5. The Labute approximate surface area is 157 Å². The highest BCUT2D eigenvalue weighted by molar-refractivity contribution is 6.36. The molecule has 6 heteroatoms. The summed E-state index contributed by atoms with van der Waals surface area (Å²) in [6, 6.07) is 12.2. The Kier molecular flexibility index (Phi) is 6.85. The van der Waals surface area contributed by atoms with Gasteiger partial charge in [-0.15, -0.1) is 0 Å². The summed E-state index contributed by atoms with van der Waals surface area (Å²) < 4.78 is 0. The van der Waals surface area contributed by atoms with Gasteiger partial charge in [0.25, 0.3) is 5.91 Å². The van der Waals surface area contributed by atoms with Crippen molar-refractivity contribution in [2.75, 3.05) is 18.4 Å². The van der Waals surface area contributed by atoms with Crippen LogP contribution in [0.3, 0.4) is 0 Å². The molecule has 0 atom stereocenters. The van der Waals surface area contributed by atoms with E-state index >= 15 is 0 Å². The highest BCUT2D eigenvalue weighted by Crippen LogP contribution is 2.25. The average molecular weight is 379 g/mol. The second-order valence-electron chi connectivity index (χ2n) is 5.71. The fourth-order valence-electron chi connectivity index (χ4n) is 2.46. The second-order valence-corrected chi connectivity index (χ2v) is 6.56. The molecule has 132 valence electrons. The lowest BCUT2D eigenvalue weighted by molar-refractivity contribution is -0.116. The van der Waals surface area contributed by atoms with Gasteiger partial charge in [-0.1, -0.05) is 48.3 Å². The van der Waals surface area contributed by atoms with Crippen molar-refractivity contribution < 1.29 is 9.59 Å². The molecule has 0 saturated carbocycles. The van der Waals surface area contributed by atoms with Crippen molar-refractivity contribution in [1.29, 1.82) is 0 Å². The van der Waals surface area contributed by atoms with Crippen LogP contribution in [0, 0.1) is 6.92 Å². The SMILES string of the molecule is CCCN(CC(=O)Nc1ccc(Cl)cc1Cl)C(=O)c1ccccc1C. The lowest BCUT2D eigenvalue weighted by Gasteiger charge is -2.22. The third kappa shape index (κ3) is 5.21. The summed E-state index contributed by atoms with van der Waals surface area (Å²) in [5.74, 6) is -0.461. The van der Waals surface area contributed by atoms with E-state index in [1.807, 2.05) is 32.0 Å². The monoisotopic (exact) mass is 378 g/mol. The molecule has 0 saturated heterocycles. The molecule has 0 heterocycles. The molecule has 2 aromatic carbocycles. The lowest BCUT2D eigenvalue weighted by atomic mass is 10.1. The molecule has 25 heavy (non-hydrogen) atoms. The zero-order valence-electron chi connectivity index (χ0n) is 14.2. The number of hydrogen-bond donors (Lipinski definition) is 1. The Morgan fingerprint density at radius 3 is 2.48 bits per heavy atom. The van der Waals surface area contributed by atoms with Crippen LogP contribution < -0.4 is 5.32 Å². The van der Waals surface area contributed by atoms with Crippen LogP contribution in [0.4, 0.5) is 5.69 Å². The van der Waals surface area contributed by atoms with Crippen LogP contribution in [0.25, 0.3) is 0 Å². The maximum atomic E-state index is 12.8. The van der Waals surface area contributed by atoms with Gasteiger partial charge in [-0.25, -0.2) is 0 Å². The lowest BCUT2D eigenvalue weighted by Crippen LogP contribution is -2.38. The van der Waals surface area contributed by atoms with E-state index in [4.69, 9.17) is 23.2 Å². The number of carbonyl (C=O) groups excluding carboxylic acids is 2. The summed E-state index contributed by atoms with van der Waals surface area (Å²) in [5.41, 5.74) is 1.96. The first-order chi connectivity index (χ1) is 11.9. The molecule has 0 fully saturated rings. The summed E-state index contributed by atoms with van der Waals surface area (Å²) in [6.07, 6.45) is 0.757. The molecule has 0 aliphatic heterocycles. The summed E-state index contributed by atoms with van der Waals surface area (Å²) in [6.45, 7) is 4.30. The van der Waals surface area contributed by atoms with E-state index in [1.54, 1.807) is 29.2 Å². The van der Waals surface area contributed by atoms with Crippen LogP contribution in [0.1, 0.15) is 29.3 Å². The minimum absolute atomic E-state index is 0.0417. The summed E-state index contributed by atoms with van der Waals surface area (Å²) in [4.78, 5) is 26.7. The summed E-state index contributed by atoms with van der Waals surface area (Å²) in [5, 5.41) is 3.57. The Hall–Kier alpha value is -2.04. The Bertz CT molecular complexity index is 778. The van der Waals surface area contributed by atoms with E-state index in [2.05, 4.69) is 5.32 Å². The highest BCUT2D eigenvalue weighted by Gasteiger charge is 2.20. The molecular formula is C19H20Cl2N2O2. The molecular weight excluding hydrogens is 359 g/mol. The molecule has 0 aliphatic rings. The first-order valence-electron chi connectivity index (χ1n) is 8.02. The third-order valence-electron chi connectivity index (χ3n) is 3.70. The topological polar surface area (TPSA) is 49.4 Å². The maximum Gasteiger partial charge on any atom is 0.254 e. The second kappa shape index (κ2) is 8.88. The van der Waals surface area contributed by atoms with E-state index in [0.29, 0.717) is 27.8 Å². The van der Waals surface area contributed by atoms with Gasteiger partial charge in [0.2, 0.25) is 5.91 Å². The first kappa shape index (κ1) is 19.3. The van der Waals surface area contributed by atoms with Gasteiger partial charge < -0.3 is 10.2 Å². The van der Waals surface area contributed by atoms with Crippen LogP contribution >= 0.6 is 23.2 Å². The molecule has 0 radical (unpaired) electrons. The van der Waals surface area contributed by atoms with E-state index in [0.717, 1.165) is 12.0 Å². The molecule has 1 N–H and O–H groups in total. The van der Waals surface area contributed by atoms with Crippen LogP contribution in [-0.2, 0) is 4.79 Å². The summed E-state index contributed by atoms with van der Waals surface area (Å²) in [7, 11) is 0. The van der Waals surface area contributed by atoms with Crippen molar-refractivity contribution in [2.24, 2.45) is 0 Å². The zero-order chi connectivity index (χ0) is 18.4. The molecule has 0 unspecified atom stereocenters. The molecule has 0 bridgehead atoms. The zero-order valence-corrected chi connectivity index (χ0v) is 15.7. The third-order valence-corrected chi connectivity index (χ3v) is 4.24. The van der Waals surface area contributed by atoms with Crippen molar-refractivity contribution in [1.82, 2.24) is 4.90 Å².